The Kier molecular flexibility index (Phi) is 9.84. The van der Waals surface area contributed by atoms with Gasteiger partial charge in [0, 0.05) is 20.8 Å². The average molecular weight is 400 g/mol. The quantitative estimate of drug-likeness (QED) is 0.509. The van der Waals surface area contributed by atoms with Crippen LogP contribution in [0.3, 0.4) is 0 Å². The molecule has 2 atom stereocenters. The molecule has 158 valence electrons. The molecule has 0 saturated carbocycles. The van der Waals surface area contributed by atoms with E-state index >= 15 is 0 Å². The van der Waals surface area contributed by atoms with E-state index in [0.717, 1.165) is 24.2 Å². The molecule has 2 aromatic carbocycles. The van der Waals surface area contributed by atoms with Gasteiger partial charge in [-0.25, -0.2) is 0 Å². The summed E-state index contributed by atoms with van der Waals surface area (Å²) in [5.74, 6) is -0.797. The van der Waals surface area contributed by atoms with Crippen LogP contribution < -0.4 is 0 Å². The van der Waals surface area contributed by atoms with E-state index in [1.165, 1.54) is 0 Å². The zero-order valence-corrected chi connectivity index (χ0v) is 17.9. The topological polar surface area (TPSA) is 48.0 Å². The fraction of sp³-hybridized carbons (Fsp3) is 0.458. The first-order valence-corrected chi connectivity index (χ1v) is 10.2. The summed E-state index contributed by atoms with van der Waals surface area (Å²) in [5.41, 5.74) is 1.80. The number of carbonyl (C=O) groups is 1. The zero-order valence-electron chi connectivity index (χ0n) is 17.9. The Balaban J connectivity index is 2.26. The van der Waals surface area contributed by atoms with E-state index in [1.54, 1.807) is 14.2 Å². The van der Waals surface area contributed by atoms with Crippen LogP contribution in [0.15, 0.2) is 60.7 Å². The van der Waals surface area contributed by atoms with Crippen molar-refractivity contribution in [3.8, 4) is 0 Å². The lowest BCUT2D eigenvalue weighted by Crippen LogP contribution is -2.45. The first-order valence-electron chi connectivity index (χ1n) is 10.2. The fourth-order valence-corrected chi connectivity index (χ4v) is 3.43. The highest BCUT2D eigenvalue weighted by atomic mass is 16.6. The molecule has 5 heteroatoms. The molecule has 0 spiro atoms. The number of methoxy groups -OCH3 is 2. The Morgan fingerprint density at radius 3 is 1.79 bits per heavy atom. The van der Waals surface area contributed by atoms with Crippen molar-refractivity contribution in [1.29, 1.82) is 0 Å². The lowest BCUT2D eigenvalue weighted by Gasteiger charge is -2.31. The van der Waals surface area contributed by atoms with Crippen LogP contribution in [0.1, 0.15) is 30.9 Å². The molecule has 0 aliphatic rings. The smallest absolute Gasteiger partial charge is 0.318 e. The lowest BCUT2D eigenvalue weighted by atomic mass is 9.91. The summed E-state index contributed by atoms with van der Waals surface area (Å²) in [7, 11) is 3.26. The van der Waals surface area contributed by atoms with Crippen LogP contribution in [0.5, 0.6) is 0 Å². The van der Waals surface area contributed by atoms with Crippen molar-refractivity contribution in [2.75, 3.05) is 40.5 Å². The summed E-state index contributed by atoms with van der Waals surface area (Å²) in [6.45, 7) is 6.97. The molecular formula is C24H33NO4. The van der Waals surface area contributed by atoms with Crippen LogP contribution in [0.25, 0.3) is 0 Å². The summed E-state index contributed by atoms with van der Waals surface area (Å²) in [4.78, 5) is 15.6. The van der Waals surface area contributed by atoms with Gasteiger partial charge >= 0.3 is 5.97 Å². The molecule has 0 amide bonds. The maximum atomic E-state index is 13.3. The SMILES string of the molecule is CCN(CC)C[C@@H](OC)[C@@H](COC)OC(=O)C(c1ccccc1)c1ccccc1. The molecule has 0 fully saturated rings. The molecule has 0 unspecified atom stereocenters. The molecular weight excluding hydrogens is 366 g/mol. The number of hydrogen-bond donors (Lipinski definition) is 0. The maximum absolute atomic E-state index is 13.3. The van der Waals surface area contributed by atoms with E-state index in [9.17, 15) is 4.79 Å². The van der Waals surface area contributed by atoms with Crippen molar-refractivity contribution >= 4 is 5.97 Å². The van der Waals surface area contributed by atoms with E-state index in [1.807, 2.05) is 60.7 Å². The van der Waals surface area contributed by atoms with Crippen LogP contribution in [-0.2, 0) is 19.0 Å². The van der Waals surface area contributed by atoms with Crippen LogP contribution in [0.4, 0.5) is 0 Å². The summed E-state index contributed by atoms with van der Waals surface area (Å²) < 4.78 is 17.0. The van der Waals surface area contributed by atoms with Gasteiger partial charge in [0.15, 0.2) is 6.10 Å². The third-order valence-corrected chi connectivity index (χ3v) is 5.15. The number of rotatable bonds is 12. The van der Waals surface area contributed by atoms with Crippen LogP contribution in [-0.4, -0.2) is 63.5 Å². The van der Waals surface area contributed by atoms with Gasteiger partial charge in [0.25, 0.3) is 0 Å². The summed E-state index contributed by atoms with van der Waals surface area (Å²) >= 11 is 0. The monoisotopic (exact) mass is 399 g/mol. The van der Waals surface area contributed by atoms with Crippen molar-refractivity contribution in [3.05, 3.63) is 71.8 Å². The van der Waals surface area contributed by atoms with E-state index in [2.05, 4.69) is 18.7 Å². The lowest BCUT2D eigenvalue weighted by molar-refractivity contribution is -0.162. The molecule has 0 radical (unpaired) electrons. The highest BCUT2D eigenvalue weighted by Crippen LogP contribution is 2.27. The minimum atomic E-state index is -0.497. The van der Waals surface area contributed by atoms with Gasteiger partial charge in [-0.2, -0.15) is 0 Å². The van der Waals surface area contributed by atoms with Crippen LogP contribution in [0, 0.1) is 0 Å². The second kappa shape index (κ2) is 12.4. The number of nitrogens with zero attached hydrogens (tertiary/aromatic N) is 1. The molecule has 2 rings (SSSR count). The second-order valence-electron chi connectivity index (χ2n) is 6.95. The number of benzene rings is 2. The van der Waals surface area contributed by atoms with E-state index in [0.29, 0.717) is 6.54 Å². The molecule has 0 bridgehead atoms. The van der Waals surface area contributed by atoms with Crippen molar-refractivity contribution in [3.63, 3.8) is 0 Å². The molecule has 0 N–H and O–H groups in total. The Morgan fingerprint density at radius 1 is 0.862 bits per heavy atom. The summed E-state index contributed by atoms with van der Waals surface area (Å²) in [6.07, 6.45) is -0.765. The van der Waals surface area contributed by atoms with Crippen LogP contribution >= 0.6 is 0 Å². The van der Waals surface area contributed by atoms with E-state index < -0.39 is 12.0 Å². The number of hydrogen-bond acceptors (Lipinski definition) is 5. The average Bonchev–Trinajstić information content (AvgIpc) is 2.76. The minimum Gasteiger partial charge on any atom is -0.456 e. The highest BCUT2D eigenvalue weighted by molar-refractivity contribution is 5.82. The molecule has 0 saturated heterocycles. The van der Waals surface area contributed by atoms with Gasteiger partial charge in [-0.1, -0.05) is 74.5 Å². The largest absolute Gasteiger partial charge is 0.456 e. The molecule has 2 aromatic rings. The van der Waals surface area contributed by atoms with Gasteiger partial charge in [-0.3, -0.25) is 4.79 Å². The van der Waals surface area contributed by atoms with Gasteiger partial charge in [-0.05, 0) is 24.2 Å². The first kappa shape index (κ1) is 23.1. The highest BCUT2D eigenvalue weighted by Gasteiger charge is 2.31. The van der Waals surface area contributed by atoms with Crippen LogP contribution in [0.2, 0.25) is 0 Å². The van der Waals surface area contributed by atoms with Gasteiger partial charge in [0.1, 0.15) is 12.0 Å². The summed E-state index contributed by atoms with van der Waals surface area (Å²) in [6, 6.07) is 19.4. The second-order valence-corrected chi connectivity index (χ2v) is 6.95. The molecule has 0 aromatic heterocycles. The van der Waals surface area contributed by atoms with Crippen molar-refractivity contribution in [2.45, 2.75) is 32.0 Å². The third-order valence-electron chi connectivity index (χ3n) is 5.15. The predicted octanol–water partition coefficient (Wildman–Crippen LogP) is 3.73. The minimum absolute atomic E-state index is 0.272. The van der Waals surface area contributed by atoms with Gasteiger partial charge in [0.2, 0.25) is 0 Å². The normalized spacial score (nSPS) is 13.4. The number of likely N-dealkylation sites (N-methyl/N-ethyl adjacent to an activating group) is 1. The van der Waals surface area contributed by atoms with E-state index in [4.69, 9.17) is 14.2 Å². The number of carbonyl (C=O) groups excluding carboxylic acids is 1. The Bertz CT molecular complexity index is 664. The molecule has 0 aliphatic heterocycles. The number of esters is 1. The first-order chi connectivity index (χ1) is 14.1. The molecule has 29 heavy (non-hydrogen) atoms. The Labute approximate surface area is 174 Å². The molecule has 0 heterocycles. The summed E-state index contributed by atoms with van der Waals surface area (Å²) in [5, 5.41) is 0. The Hall–Kier alpha value is -2.21. The van der Waals surface area contributed by atoms with Gasteiger partial charge < -0.3 is 19.1 Å². The standard InChI is InChI=1S/C24H33NO4/c1-5-25(6-2)17-21(28-4)22(18-27-3)29-24(26)23(19-13-9-7-10-14-19)20-15-11-8-12-16-20/h7-16,21-23H,5-6,17-18H2,1-4H3/t21-,22-/m1/s1. The molecule has 0 aliphatic carbocycles. The van der Waals surface area contributed by atoms with Crippen molar-refractivity contribution < 1.29 is 19.0 Å². The zero-order chi connectivity index (χ0) is 21.1. The molecule has 5 nitrogen and oxygen atoms in total. The third kappa shape index (κ3) is 6.67. The fourth-order valence-electron chi connectivity index (χ4n) is 3.43. The number of ether oxygens (including phenoxy) is 3. The maximum Gasteiger partial charge on any atom is 0.318 e. The van der Waals surface area contributed by atoms with Crippen molar-refractivity contribution in [2.24, 2.45) is 0 Å². The van der Waals surface area contributed by atoms with Gasteiger partial charge in [-0.15, -0.1) is 0 Å². The van der Waals surface area contributed by atoms with Gasteiger partial charge in [0.05, 0.1) is 6.61 Å². The Morgan fingerprint density at radius 2 is 1.38 bits per heavy atom. The van der Waals surface area contributed by atoms with E-state index in [-0.39, 0.29) is 18.7 Å². The predicted molar refractivity (Wildman–Crippen MR) is 115 cm³/mol. The van der Waals surface area contributed by atoms with Crippen molar-refractivity contribution in [1.82, 2.24) is 4.90 Å².